The van der Waals surface area contributed by atoms with Gasteiger partial charge >= 0.3 is 0 Å². The van der Waals surface area contributed by atoms with Gasteiger partial charge in [0.05, 0.1) is 5.41 Å². The van der Waals surface area contributed by atoms with Gasteiger partial charge in [0.15, 0.2) is 0 Å². The Balaban J connectivity index is 1.06. The van der Waals surface area contributed by atoms with Crippen molar-refractivity contribution >= 4 is 23.4 Å². The molecule has 0 radical (unpaired) electrons. The second-order valence-corrected chi connectivity index (χ2v) is 11.4. The molecule has 1 aromatic rings. The number of rotatable bonds is 4. The maximum atomic E-state index is 13.6. The third kappa shape index (κ3) is 4.02. The van der Waals surface area contributed by atoms with E-state index >= 15 is 0 Å². The molecular formula is C27H35N3O4. The summed E-state index contributed by atoms with van der Waals surface area (Å²) in [5.74, 6) is 2.43. The molecule has 1 aromatic carbocycles. The Bertz CT molecular complexity index is 943. The average Bonchev–Trinajstić information content (AvgIpc) is 3.38. The molecule has 1 N–H and O–H groups in total. The van der Waals surface area contributed by atoms with Crippen LogP contribution in [0.4, 0.5) is 5.69 Å². The number of carbonyl (C=O) groups excluding carboxylic acids is 3. The second-order valence-electron chi connectivity index (χ2n) is 11.4. The van der Waals surface area contributed by atoms with E-state index in [9.17, 15) is 14.4 Å². The van der Waals surface area contributed by atoms with Gasteiger partial charge in [-0.1, -0.05) is 6.07 Å². The molecule has 7 heteroatoms. The van der Waals surface area contributed by atoms with Gasteiger partial charge in [-0.15, -0.1) is 0 Å². The van der Waals surface area contributed by atoms with Crippen LogP contribution >= 0.6 is 0 Å². The Morgan fingerprint density at radius 1 is 0.912 bits per heavy atom. The van der Waals surface area contributed by atoms with Gasteiger partial charge < -0.3 is 19.9 Å². The molecule has 6 fully saturated rings. The smallest absolute Gasteiger partial charge is 0.254 e. The Morgan fingerprint density at radius 2 is 1.56 bits per heavy atom. The molecule has 1 atom stereocenters. The molecule has 6 aliphatic rings. The number of carbonyl (C=O) groups is 3. The van der Waals surface area contributed by atoms with Crippen molar-refractivity contribution in [1.29, 1.82) is 0 Å². The van der Waals surface area contributed by atoms with E-state index in [0.717, 1.165) is 49.9 Å². The summed E-state index contributed by atoms with van der Waals surface area (Å²) in [4.78, 5) is 43.0. The number of piperazine rings is 1. The number of amides is 3. The highest BCUT2D eigenvalue weighted by Gasteiger charge is 2.55. The largest absolute Gasteiger partial charge is 0.368 e. The third-order valence-electron chi connectivity index (χ3n) is 8.95. The van der Waals surface area contributed by atoms with Crippen molar-refractivity contribution in [2.24, 2.45) is 23.2 Å². The van der Waals surface area contributed by atoms with Gasteiger partial charge in [0.25, 0.3) is 11.8 Å². The lowest BCUT2D eigenvalue weighted by molar-refractivity contribution is -0.159. The molecule has 1 unspecified atom stereocenters. The van der Waals surface area contributed by atoms with Gasteiger partial charge in [0, 0.05) is 44.0 Å². The van der Waals surface area contributed by atoms with E-state index in [1.165, 1.54) is 19.3 Å². The average molecular weight is 466 g/mol. The van der Waals surface area contributed by atoms with Crippen LogP contribution in [0.25, 0.3) is 0 Å². The highest BCUT2D eigenvalue weighted by Crippen LogP contribution is 2.60. The molecule has 7 nitrogen and oxygen atoms in total. The van der Waals surface area contributed by atoms with Crippen molar-refractivity contribution in [3.05, 3.63) is 29.8 Å². The van der Waals surface area contributed by atoms with Gasteiger partial charge in [-0.3, -0.25) is 14.4 Å². The van der Waals surface area contributed by atoms with Crippen molar-refractivity contribution in [3.8, 4) is 0 Å². The lowest BCUT2D eigenvalue weighted by Gasteiger charge is -2.57. The first-order valence-electron chi connectivity index (χ1n) is 13.1. The number of anilines is 1. The van der Waals surface area contributed by atoms with Gasteiger partial charge in [0.2, 0.25) is 5.91 Å². The minimum Gasteiger partial charge on any atom is -0.368 e. The molecule has 0 aromatic heterocycles. The first-order chi connectivity index (χ1) is 16.5. The molecule has 182 valence electrons. The highest BCUT2D eigenvalue weighted by molar-refractivity contribution is 5.98. The first kappa shape index (κ1) is 22.1. The zero-order valence-electron chi connectivity index (χ0n) is 19.8. The van der Waals surface area contributed by atoms with E-state index in [4.69, 9.17) is 4.74 Å². The van der Waals surface area contributed by atoms with Crippen LogP contribution in [0.1, 0.15) is 61.7 Å². The van der Waals surface area contributed by atoms with E-state index in [1.807, 2.05) is 9.80 Å². The quantitative estimate of drug-likeness (QED) is 0.740. The second kappa shape index (κ2) is 8.67. The molecular weight excluding hydrogens is 430 g/mol. The van der Waals surface area contributed by atoms with Crippen LogP contribution in [-0.4, -0.2) is 66.4 Å². The van der Waals surface area contributed by atoms with Crippen molar-refractivity contribution in [3.63, 3.8) is 0 Å². The molecule has 2 aliphatic heterocycles. The van der Waals surface area contributed by atoms with E-state index in [-0.39, 0.29) is 17.2 Å². The first-order valence-corrected chi connectivity index (χ1v) is 13.1. The third-order valence-corrected chi connectivity index (χ3v) is 8.95. The summed E-state index contributed by atoms with van der Waals surface area (Å²) >= 11 is 0. The fourth-order valence-corrected chi connectivity index (χ4v) is 7.74. The normalized spacial score (nSPS) is 34.4. The highest BCUT2D eigenvalue weighted by atomic mass is 16.5. The minimum absolute atomic E-state index is 0.0462. The van der Waals surface area contributed by atoms with Crippen LogP contribution in [0.3, 0.4) is 0 Å². The topological polar surface area (TPSA) is 79.0 Å². The molecule has 34 heavy (non-hydrogen) atoms. The molecule has 2 heterocycles. The van der Waals surface area contributed by atoms with Crippen molar-refractivity contribution in [1.82, 2.24) is 9.80 Å². The van der Waals surface area contributed by atoms with Gasteiger partial charge in [-0.25, -0.2) is 0 Å². The van der Waals surface area contributed by atoms with Crippen molar-refractivity contribution < 1.29 is 19.1 Å². The van der Waals surface area contributed by atoms with E-state index in [1.54, 1.807) is 24.3 Å². The van der Waals surface area contributed by atoms with Crippen LogP contribution in [0.5, 0.6) is 0 Å². The van der Waals surface area contributed by atoms with Crippen molar-refractivity contribution in [2.75, 3.05) is 38.1 Å². The van der Waals surface area contributed by atoms with Crippen LogP contribution < -0.4 is 5.32 Å². The van der Waals surface area contributed by atoms with E-state index in [0.29, 0.717) is 49.9 Å². The lowest BCUT2D eigenvalue weighted by Crippen LogP contribution is -2.58. The van der Waals surface area contributed by atoms with Gasteiger partial charge in [0.1, 0.15) is 6.10 Å². The zero-order valence-corrected chi connectivity index (χ0v) is 19.8. The molecule has 4 saturated carbocycles. The van der Waals surface area contributed by atoms with E-state index < -0.39 is 6.10 Å². The minimum atomic E-state index is -0.404. The Kier molecular flexibility index (Phi) is 5.63. The fraction of sp³-hybridized carbons (Fsp3) is 0.667. The SMILES string of the molecule is O=C(Nc1cccc(C(=O)N2CCN(C(=O)C34CC5CC(CC(C5)C3)C4)CC2)c1)C1CCCO1. The summed E-state index contributed by atoms with van der Waals surface area (Å²) in [6.07, 6.45) is 8.49. The lowest BCUT2D eigenvalue weighted by atomic mass is 9.49. The molecule has 0 spiro atoms. The summed E-state index contributed by atoms with van der Waals surface area (Å²) in [5, 5.41) is 2.88. The number of hydrogen-bond donors (Lipinski definition) is 1. The molecule has 3 amide bonds. The maximum Gasteiger partial charge on any atom is 0.254 e. The monoisotopic (exact) mass is 465 g/mol. The summed E-state index contributed by atoms with van der Waals surface area (Å²) in [5.41, 5.74) is 1.06. The number of nitrogens with one attached hydrogen (secondary N) is 1. The molecule has 7 rings (SSSR count). The van der Waals surface area contributed by atoms with Crippen LogP contribution in [0.2, 0.25) is 0 Å². The van der Waals surface area contributed by atoms with Gasteiger partial charge in [-0.2, -0.15) is 0 Å². The van der Waals surface area contributed by atoms with Gasteiger partial charge in [-0.05, 0) is 87.3 Å². The predicted molar refractivity (Wildman–Crippen MR) is 127 cm³/mol. The number of nitrogens with zero attached hydrogens (tertiary/aromatic N) is 2. The summed E-state index contributed by atoms with van der Waals surface area (Å²) < 4.78 is 5.45. The summed E-state index contributed by atoms with van der Waals surface area (Å²) in [7, 11) is 0. The predicted octanol–water partition coefficient (Wildman–Crippen LogP) is 3.30. The zero-order chi connectivity index (χ0) is 23.3. The summed E-state index contributed by atoms with van der Waals surface area (Å²) in [6, 6.07) is 7.12. The Morgan fingerprint density at radius 3 is 2.18 bits per heavy atom. The maximum absolute atomic E-state index is 13.6. The molecule has 2 saturated heterocycles. The number of hydrogen-bond acceptors (Lipinski definition) is 4. The number of ether oxygens (including phenoxy) is 1. The molecule has 4 aliphatic carbocycles. The Labute approximate surface area is 201 Å². The van der Waals surface area contributed by atoms with Crippen LogP contribution in [0.15, 0.2) is 24.3 Å². The Hall–Kier alpha value is -2.41. The summed E-state index contributed by atoms with van der Waals surface area (Å²) in [6.45, 7) is 2.96. The van der Waals surface area contributed by atoms with E-state index in [2.05, 4.69) is 5.32 Å². The standard InChI is InChI=1S/C27H35N3O4/c31-24(23-5-2-10-34-23)28-22-4-1-3-21(14-22)25(32)29-6-8-30(9-7-29)26(33)27-15-18-11-19(16-27)13-20(12-18)17-27/h1,3-4,14,18-20,23H,2,5-13,15-17H2,(H,28,31). The molecule has 4 bridgehead atoms. The fourth-order valence-electron chi connectivity index (χ4n) is 7.74. The van der Waals surface area contributed by atoms with Crippen LogP contribution in [-0.2, 0) is 14.3 Å². The van der Waals surface area contributed by atoms with Crippen molar-refractivity contribution in [2.45, 2.75) is 57.5 Å². The van der Waals surface area contributed by atoms with Crippen LogP contribution in [0, 0.1) is 23.2 Å². The number of benzene rings is 1.